The molecule has 4 aliphatic rings. The van der Waals surface area contributed by atoms with Crippen molar-refractivity contribution < 1.29 is 14.3 Å². The van der Waals surface area contributed by atoms with Crippen LogP contribution in [0.15, 0.2) is 41.5 Å². The molecule has 10 heteroatoms. The van der Waals surface area contributed by atoms with E-state index < -0.39 is 0 Å². The molecular weight excluding hydrogens is 506 g/mol. The first-order valence-corrected chi connectivity index (χ1v) is 14.3. The van der Waals surface area contributed by atoms with Crippen molar-refractivity contribution in [1.82, 2.24) is 14.8 Å². The Morgan fingerprint density at radius 2 is 2.00 bits per heavy atom. The van der Waals surface area contributed by atoms with E-state index in [1.54, 1.807) is 23.0 Å². The standard InChI is InChI=1S/C30H35N7O3/c1-18-10-22-11-25(33-18)24-14-32-36(2)29(24)40-9-3-4-21(20-5-6-20)15-37-27-8-7-23(31-13-19-16-39-17-19)12-26(27)34-30(37)35-28(22)38/h7-8,10-12,14,19-21,31H,3-6,9,13,15-17H2,1-2H3,(H,34,35,38). The summed E-state index contributed by atoms with van der Waals surface area (Å²) >= 11 is 0. The fourth-order valence-corrected chi connectivity index (χ4v) is 5.88. The summed E-state index contributed by atoms with van der Waals surface area (Å²) in [6.45, 7) is 5.81. The van der Waals surface area contributed by atoms with Crippen LogP contribution < -0.4 is 20.3 Å². The van der Waals surface area contributed by atoms with Crippen molar-refractivity contribution in [1.29, 1.82) is 0 Å². The number of carbonyl (C=O) groups excluding carboxylic acids is 1. The first-order chi connectivity index (χ1) is 19.5. The Morgan fingerprint density at radius 1 is 1.12 bits per heavy atom. The number of guanidine groups is 1. The number of nitrogens with zero attached hydrogens (tertiary/aromatic N) is 5. The molecule has 10 nitrogen and oxygen atoms in total. The summed E-state index contributed by atoms with van der Waals surface area (Å²) in [5, 5.41) is 11.4. The molecule has 3 aromatic rings. The maximum atomic E-state index is 13.6. The smallest absolute Gasteiger partial charge is 0.280 e. The molecule has 0 spiro atoms. The molecule has 1 atom stereocenters. The highest BCUT2D eigenvalue weighted by atomic mass is 16.5. The second-order valence-electron chi connectivity index (χ2n) is 11.5. The highest BCUT2D eigenvalue weighted by molar-refractivity contribution is 6.19. The van der Waals surface area contributed by atoms with Gasteiger partial charge in [0, 0.05) is 43.0 Å². The summed E-state index contributed by atoms with van der Waals surface area (Å²) in [5.74, 6) is 2.68. The number of carbonyl (C=O) groups is 1. The van der Waals surface area contributed by atoms with Gasteiger partial charge in [0.1, 0.15) is 0 Å². The number of fused-ring (bicyclic) bond motifs is 7. The van der Waals surface area contributed by atoms with Crippen LogP contribution >= 0.6 is 0 Å². The lowest BCUT2D eigenvalue weighted by Crippen LogP contribution is -2.36. The number of aryl methyl sites for hydroxylation is 2. The van der Waals surface area contributed by atoms with Gasteiger partial charge in [-0.15, -0.1) is 0 Å². The minimum Gasteiger partial charge on any atom is -0.477 e. The molecule has 2 aromatic heterocycles. The maximum absolute atomic E-state index is 13.6. The number of pyridine rings is 1. The first-order valence-electron chi connectivity index (χ1n) is 14.3. The van der Waals surface area contributed by atoms with Crippen molar-refractivity contribution >= 4 is 28.9 Å². The van der Waals surface area contributed by atoms with Crippen LogP contribution in [-0.4, -0.2) is 59.5 Å². The second kappa shape index (κ2) is 10.2. The molecule has 2 N–H and O–H groups in total. The van der Waals surface area contributed by atoms with E-state index in [9.17, 15) is 4.79 Å². The van der Waals surface area contributed by atoms with Gasteiger partial charge in [0.2, 0.25) is 11.8 Å². The molecule has 40 heavy (non-hydrogen) atoms. The Morgan fingerprint density at radius 3 is 2.80 bits per heavy atom. The van der Waals surface area contributed by atoms with E-state index in [0.29, 0.717) is 47.5 Å². The van der Waals surface area contributed by atoms with Crippen molar-refractivity contribution in [3.63, 3.8) is 0 Å². The van der Waals surface area contributed by atoms with Gasteiger partial charge < -0.3 is 25.0 Å². The van der Waals surface area contributed by atoms with Crippen molar-refractivity contribution in [3.8, 4) is 17.1 Å². The largest absolute Gasteiger partial charge is 0.477 e. The molecule has 7 rings (SSSR count). The number of aromatic nitrogens is 3. The summed E-state index contributed by atoms with van der Waals surface area (Å²) < 4.78 is 13.3. The summed E-state index contributed by atoms with van der Waals surface area (Å²) in [6.07, 6.45) is 6.23. The Bertz CT molecular complexity index is 1470. The Labute approximate surface area is 233 Å². The van der Waals surface area contributed by atoms with Crippen molar-refractivity contribution in [3.05, 3.63) is 47.8 Å². The van der Waals surface area contributed by atoms with E-state index in [1.807, 2.05) is 14.0 Å². The van der Waals surface area contributed by atoms with Crippen LogP contribution in [0.2, 0.25) is 0 Å². The van der Waals surface area contributed by atoms with Gasteiger partial charge in [0.15, 0.2) is 0 Å². The van der Waals surface area contributed by atoms with Gasteiger partial charge in [0.25, 0.3) is 5.91 Å². The minimum absolute atomic E-state index is 0.306. The molecule has 1 saturated heterocycles. The van der Waals surface area contributed by atoms with Gasteiger partial charge in [-0.2, -0.15) is 10.1 Å². The third-order valence-electron chi connectivity index (χ3n) is 8.32. The molecule has 2 fully saturated rings. The molecule has 1 saturated carbocycles. The molecule has 2 bridgehead atoms. The lowest BCUT2D eigenvalue weighted by Gasteiger charge is -2.27. The van der Waals surface area contributed by atoms with E-state index in [2.05, 4.69) is 43.8 Å². The number of hydrogen-bond acceptors (Lipinski definition) is 8. The summed E-state index contributed by atoms with van der Waals surface area (Å²) in [5.41, 5.74) is 5.73. The molecule has 1 amide bonds. The van der Waals surface area contributed by atoms with Gasteiger partial charge in [0.05, 0.1) is 48.6 Å². The number of amides is 1. The molecule has 1 aliphatic carbocycles. The number of anilines is 3. The summed E-state index contributed by atoms with van der Waals surface area (Å²) in [4.78, 5) is 25.2. The van der Waals surface area contributed by atoms with Crippen LogP contribution in [0.1, 0.15) is 41.7 Å². The normalized spacial score (nSPS) is 22.4. The van der Waals surface area contributed by atoms with E-state index in [1.165, 1.54) is 12.8 Å². The Hall–Kier alpha value is -3.92. The average molecular weight is 542 g/mol. The first kappa shape index (κ1) is 25.1. The van der Waals surface area contributed by atoms with Gasteiger partial charge in [-0.1, -0.05) is 0 Å². The fourth-order valence-electron chi connectivity index (χ4n) is 5.88. The van der Waals surface area contributed by atoms with Crippen molar-refractivity contribution in [2.45, 2.75) is 32.6 Å². The predicted molar refractivity (Wildman–Crippen MR) is 154 cm³/mol. The fraction of sp³-hybridized carbons (Fsp3) is 0.467. The molecular formula is C30H35N7O3. The van der Waals surface area contributed by atoms with Gasteiger partial charge in [-0.05, 0) is 74.8 Å². The highest BCUT2D eigenvalue weighted by Gasteiger charge is 2.36. The molecule has 1 aromatic carbocycles. The van der Waals surface area contributed by atoms with Crippen LogP contribution in [0.5, 0.6) is 5.88 Å². The zero-order chi connectivity index (χ0) is 27.2. The van der Waals surface area contributed by atoms with Crippen molar-refractivity contribution in [2.75, 3.05) is 48.4 Å². The number of benzene rings is 1. The molecule has 0 radical (unpaired) electrons. The number of ether oxygens (including phenoxy) is 2. The zero-order valence-electron chi connectivity index (χ0n) is 23.0. The Balaban J connectivity index is 1.25. The number of aliphatic imine (C=N–C) groups is 1. The van der Waals surface area contributed by atoms with Gasteiger partial charge in [-0.25, -0.2) is 4.68 Å². The minimum atomic E-state index is -0.306. The van der Waals surface area contributed by atoms with Crippen LogP contribution in [0, 0.1) is 24.7 Å². The van der Waals surface area contributed by atoms with E-state index in [-0.39, 0.29) is 5.91 Å². The molecule has 208 valence electrons. The number of hydrogen-bond donors (Lipinski definition) is 2. The summed E-state index contributed by atoms with van der Waals surface area (Å²) in [7, 11) is 1.87. The zero-order valence-corrected chi connectivity index (χ0v) is 23.0. The van der Waals surface area contributed by atoms with Crippen LogP contribution in [-0.2, 0) is 11.8 Å². The number of rotatable bonds is 4. The van der Waals surface area contributed by atoms with E-state index in [0.717, 1.165) is 67.5 Å². The quantitative estimate of drug-likeness (QED) is 0.498. The van der Waals surface area contributed by atoms with Crippen LogP contribution in [0.4, 0.5) is 17.1 Å². The average Bonchev–Trinajstić information content (AvgIpc) is 3.61. The van der Waals surface area contributed by atoms with E-state index in [4.69, 9.17) is 14.5 Å². The predicted octanol–water partition coefficient (Wildman–Crippen LogP) is 4.48. The Kier molecular flexibility index (Phi) is 6.42. The van der Waals surface area contributed by atoms with E-state index >= 15 is 0 Å². The highest BCUT2D eigenvalue weighted by Crippen LogP contribution is 2.43. The second-order valence-corrected chi connectivity index (χ2v) is 11.5. The van der Waals surface area contributed by atoms with Crippen LogP contribution in [0.3, 0.4) is 0 Å². The molecule has 5 heterocycles. The molecule has 3 aliphatic heterocycles. The van der Waals surface area contributed by atoms with Crippen molar-refractivity contribution in [2.24, 2.45) is 29.8 Å². The lowest BCUT2D eigenvalue weighted by molar-refractivity contribution is -0.0248. The van der Waals surface area contributed by atoms with Crippen LogP contribution in [0.25, 0.3) is 11.3 Å². The third kappa shape index (κ3) is 4.92. The molecule has 1 unspecified atom stereocenters. The monoisotopic (exact) mass is 541 g/mol. The summed E-state index contributed by atoms with van der Waals surface area (Å²) in [6, 6.07) is 9.94. The third-order valence-corrected chi connectivity index (χ3v) is 8.32. The topological polar surface area (TPSA) is 106 Å². The van der Waals surface area contributed by atoms with Gasteiger partial charge >= 0.3 is 0 Å². The number of nitrogens with one attached hydrogen (secondary N) is 2. The lowest BCUT2D eigenvalue weighted by atomic mass is 9.97. The maximum Gasteiger partial charge on any atom is 0.280 e. The SMILES string of the molecule is Cc1cc2cc(n1)-c1cnn(C)c1OCCCC(C1CC1)CN1/C(=N/C2=O)Nc2cc(NCC3COC3)ccc21. The van der Waals surface area contributed by atoms with Gasteiger partial charge in [-0.3, -0.25) is 9.78 Å².